The summed E-state index contributed by atoms with van der Waals surface area (Å²) in [5.74, 6) is 0.134. The third-order valence-electron chi connectivity index (χ3n) is 4.02. The van der Waals surface area contributed by atoms with Crippen LogP contribution in [0.3, 0.4) is 0 Å². The number of azo groups is 1. The highest BCUT2D eigenvalue weighted by molar-refractivity contribution is 5.95. The predicted octanol–water partition coefficient (Wildman–Crippen LogP) is 5.82. The smallest absolute Gasteiger partial charge is 0.150 e. The Labute approximate surface area is 138 Å². The summed E-state index contributed by atoms with van der Waals surface area (Å²) in [4.78, 5) is 0. The fraction of sp³-hybridized carbons (Fsp3) is 0. The van der Waals surface area contributed by atoms with E-state index in [1.165, 1.54) is 0 Å². The molecule has 4 heteroatoms. The predicted molar refractivity (Wildman–Crippen MR) is 95.4 cm³/mol. The van der Waals surface area contributed by atoms with E-state index in [4.69, 9.17) is 0 Å². The van der Waals surface area contributed by atoms with Crippen molar-refractivity contribution in [2.24, 2.45) is 10.2 Å². The Morgan fingerprint density at radius 2 is 1.21 bits per heavy atom. The minimum atomic E-state index is 0.0535. The van der Waals surface area contributed by atoms with Crippen LogP contribution in [0.25, 0.3) is 21.5 Å². The van der Waals surface area contributed by atoms with E-state index >= 15 is 0 Å². The fourth-order valence-electron chi connectivity index (χ4n) is 2.78. The van der Waals surface area contributed by atoms with E-state index in [0.29, 0.717) is 11.4 Å². The summed E-state index contributed by atoms with van der Waals surface area (Å²) in [5.41, 5.74) is 0.752. The van der Waals surface area contributed by atoms with Gasteiger partial charge in [0.25, 0.3) is 0 Å². The zero-order chi connectivity index (χ0) is 16.5. The van der Waals surface area contributed by atoms with Crippen molar-refractivity contribution in [3.8, 4) is 11.5 Å². The van der Waals surface area contributed by atoms with Crippen LogP contribution in [0.4, 0.5) is 11.4 Å². The molecule has 0 saturated carbocycles. The number of benzene rings is 4. The third kappa shape index (κ3) is 2.34. The molecular weight excluding hydrogens is 300 g/mol. The van der Waals surface area contributed by atoms with Crippen molar-refractivity contribution in [2.75, 3.05) is 0 Å². The van der Waals surface area contributed by atoms with Crippen LogP contribution in [0.5, 0.6) is 11.5 Å². The zero-order valence-corrected chi connectivity index (χ0v) is 12.7. The van der Waals surface area contributed by atoms with Gasteiger partial charge in [-0.05, 0) is 22.9 Å². The molecule has 4 aromatic rings. The quantitative estimate of drug-likeness (QED) is 0.458. The van der Waals surface area contributed by atoms with Gasteiger partial charge in [0, 0.05) is 10.8 Å². The molecule has 4 aromatic carbocycles. The van der Waals surface area contributed by atoms with Crippen molar-refractivity contribution in [2.45, 2.75) is 0 Å². The van der Waals surface area contributed by atoms with Crippen molar-refractivity contribution < 1.29 is 10.2 Å². The molecule has 0 fully saturated rings. The number of hydrogen-bond acceptors (Lipinski definition) is 4. The molecule has 24 heavy (non-hydrogen) atoms. The van der Waals surface area contributed by atoms with Crippen LogP contribution in [0, 0.1) is 0 Å². The summed E-state index contributed by atoms with van der Waals surface area (Å²) < 4.78 is 0. The van der Waals surface area contributed by atoms with E-state index in [9.17, 15) is 10.2 Å². The first-order chi connectivity index (χ1) is 11.7. The lowest BCUT2D eigenvalue weighted by Gasteiger charge is -2.05. The van der Waals surface area contributed by atoms with Crippen molar-refractivity contribution >= 4 is 32.9 Å². The van der Waals surface area contributed by atoms with Crippen molar-refractivity contribution in [3.05, 3.63) is 72.8 Å². The second kappa shape index (κ2) is 5.66. The lowest BCUT2D eigenvalue weighted by atomic mass is 10.1. The summed E-state index contributed by atoms with van der Waals surface area (Å²) in [6, 6.07) is 22.2. The molecule has 0 aliphatic carbocycles. The Bertz CT molecular complexity index is 1090. The Hall–Kier alpha value is -3.40. The molecule has 0 saturated heterocycles. The van der Waals surface area contributed by atoms with Crippen LogP contribution in [-0.2, 0) is 0 Å². The molecule has 0 aromatic heterocycles. The van der Waals surface area contributed by atoms with Gasteiger partial charge < -0.3 is 10.2 Å². The molecule has 0 heterocycles. The van der Waals surface area contributed by atoms with E-state index in [0.717, 1.165) is 21.5 Å². The number of phenols is 2. The van der Waals surface area contributed by atoms with Gasteiger partial charge in [-0.3, -0.25) is 0 Å². The normalized spacial score (nSPS) is 11.5. The van der Waals surface area contributed by atoms with Gasteiger partial charge in [0.2, 0.25) is 0 Å². The molecule has 0 bridgehead atoms. The number of rotatable bonds is 2. The van der Waals surface area contributed by atoms with Gasteiger partial charge in [0.15, 0.2) is 5.75 Å². The highest BCUT2D eigenvalue weighted by Crippen LogP contribution is 2.39. The maximum atomic E-state index is 10.4. The van der Waals surface area contributed by atoms with E-state index in [1.54, 1.807) is 12.1 Å². The van der Waals surface area contributed by atoms with E-state index in [-0.39, 0.29) is 11.5 Å². The number of hydrogen-bond donors (Lipinski definition) is 2. The minimum Gasteiger partial charge on any atom is -0.506 e. The number of nitrogens with zero attached hydrogens (tertiary/aromatic N) is 2. The second-order valence-corrected chi connectivity index (χ2v) is 5.51. The highest BCUT2D eigenvalue weighted by Gasteiger charge is 2.08. The fourth-order valence-corrected chi connectivity index (χ4v) is 2.78. The minimum absolute atomic E-state index is 0.0535. The SMILES string of the molecule is Oc1ccc2ccccc2c1N=Nc1ccc2ccccc2c1O. The lowest BCUT2D eigenvalue weighted by molar-refractivity contribution is 0.476. The van der Waals surface area contributed by atoms with Crippen molar-refractivity contribution in [3.63, 3.8) is 0 Å². The first-order valence-electron chi connectivity index (χ1n) is 7.57. The van der Waals surface area contributed by atoms with Gasteiger partial charge in [-0.2, -0.15) is 0 Å². The maximum Gasteiger partial charge on any atom is 0.150 e. The van der Waals surface area contributed by atoms with Crippen molar-refractivity contribution in [1.82, 2.24) is 0 Å². The lowest BCUT2D eigenvalue weighted by Crippen LogP contribution is -1.76. The van der Waals surface area contributed by atoms with Crippen LogP contribution in [0.2, 0.25) is 0 Å². The number of phenolic OH excluding ortho intramolecular Hbond substituents is 2. The largest absolute Gasteiger partial charge is 0.506 e. The van der Waals surface area contributed by atoms with Crippen molar-refractivity contribution in [1.29, 1.82) is 0 Å². The molecule has 4 rings (SSSR count). The molecule has 4 nitrogen and oxygen atoms in total. The molecule has 0 unspecified atom stereocenters. The molecular formula is C20H14N2O2. The highest BCUT2D eigenvalue weighted by atomic mass is 16.3. The van der Waals surface area contributed by atoms with Crippen LogP contribution in [0.15, 0.2) is 83.0 Å². The van der Waals surface area contributed by atoms with Gasteiger partial charge >= 0.3 is 0 Å². The van der Waals surface area contributed by atoms with Gasteiger partial charge in [0.1, 0.15) is 17.1 Å². The average Bonchev–Trinajstić information content (AvgIpc) is 2.62. The average molecular weight is 314 g/mol. The topological polar surface area (TPSA) is 65.2 Å². The molecule has 0 aliphatic heterocycles. The van der Waals surface area contributed by atoms with Crippen LogP contribution < -0.4 is 0 Å². The summed E-state index contributed by atoms with van der Waals surface area (Å²) >= 11 is 0. The zero-order valence-electron chi connectivity index (χ0n) is 12.7. The molecule has 0 aliphatic rings. The van der Waals surface area contributed by atoms with E-state index in [1.807, 2.05) is 60.7 Å². The van der Waals surface area contributed by atoms with Crippen LogP contribution in [-0.4, -0.2) is 10.2 Å². The van der Waals surface area contributed by atoms with E-state index in [2.05, 4.69) is 10.2 Å². The summed E-state index contributed by atoms with van der Waals surface area (Å²) in [5, 5.41) is 32.3. The monoisotopic (exact) mass is 314 g/mol. The van der Waals surface area contributed by atoms with Gasteiger partial charge in [-0.25, -0.2) is 0 Å². The number of aromatic hydroxyl groups is 2. The standard InChI is InChI=1S/C20H14N2O2/c23-18-12-10-13-5-1-3-7-15(13)19(18)22-21-17-11-9-14-6-2-4-8-16(14)20(17)24/h1-12,23-24H. The van der Waals surface area contributed by atoms with Gasteiger partial charge in [0.05, 0.1) is 0 Å². The van der Waals surface area contributed by atoms with E-state index < -0.39 is 0 Å². The van der Waals surface area contributed by atoms with Gasteiger partial charge in [-0.15, -0.1) is 10.2 Å². The summed E-state index contributed by atoms with van der Waals surface area (Å²) in [6.07, 6.45) is 0. The second-order valence-electron chi connectivity index (χ2n) is 5.51. The molecule has 2 N–H and O–H groups in total. The molecule has 0 atom stereocenters. The Morgan fingerprint density at radius 3 is 2.00 bits per heavy atom. The van der Waals surface area contributed by atoms with Crippen LogP contribution >= 0.6 is 0 Å². The summed E-state index contributed by atoms with van der Waals surface area (Å²) in [7, 11) is 0. The van der Waals surface area contributed by atoms with Gasteiger partial charge in [-0.1, -0.05) is 60.7 Å². The first-order valence-corrected chi connectivity index (χ1v) is 7.57. The molecule has 0 spiro atoms. The maximum absolute atomic E-state index is 10.4. The summed E-state index contributed by atoms with van der Waals surface area (Å²) in [6.45, 7) is 0. The molecule has 0 radical (unpaired) electrons. The molecule has 116 valence electrons. The van der Waals surface area contributed by atoms with Crippen LogP contribution in [0.1, 0.15) is 0 Å². The molecule has 0 amide bonds. The Morgan fingerprint density at radius 1 is 0.583 bits per heavy atom. The third-order valence-corrected chi connectivity index (χ3v) is 4.02. The number of fused-ring (bicyclic) bond motifs is 2. The first kappa shape index (κ1) is 14.2. The Kier molecular flexibility index (Phi) is 3.35. The Balaban J connectivity index is 1.84.